The van der Waals surface area contributed by atoms with E-state index in [4.69, 9.17) is 0 Å². The molecule has 0 bridgehead atoms. The van der Waals surface area contributed by atoms with Gasteiger partial charge in [0, 0.05) is 12.6 Å². The lowest BCUT2D eigenvalue weighted by Gasteiger charge is -2.19. The summed E-state index contributed by atoms with van der Waals surface area (Å²) in [6.07, 6.45) is 1.61. The molecule has 1 aromatic rings. The van der Waals surface area contributed by atoms with Crippen LogP contribution in [0.5, 0.6) is 0 Å². The average molecular weight is 281 g/mol. The van der Waals surface area contributed by atoms with Crippen molar-refractivity contribution in [3.8, 4) is 0 Å². The van der Waals surface area contributed by atoms with Gasteiger partial charge in [-0.3, -0.25) is 0 Å². The molecule has 2 unspecified atom stereocenters. The van der Waals surface area contributed by atoms with Crippen LogP contribution in [0.15, 0.2) is 18.2 Å². The second kappa shape index (κ2) is 5.63. The van der Waals surface area contributed by atoms with Crippen molar-refractivity contribution in [1.29, 1.82) is 0 Å². The maximum absolute atomic E-state index is 11.8. The monoisotopic (exact) mass is 281 g/mol. The molecule has 1 aromatic carbocycles. The lowest BCUT2D eigenvalue weighted by Crippen LogP contribution is -2.32. The standard InChI is InChI=1S/C15H23NO2S/c1-11-6-7-15(12(2)9-11)13(3)16-10-14-5-4-8-19(14,17)18/h6-7,9,13-14,16H,4-5,8,10H2,1-3H3. The predicted octanol–water partition coefficient (Wildman–Crippen LogP) is 2.53. The fraction of sp³-hybridized carbons (Fsp3) is 0.600. The zero-order valence-corrected chi connectivity index (χ0v) is 12.8. The minimum Gasteiger partial charge on any atom is -0.309 e. The van der Waals surface area contributed by atoms with Gasteiger partial charge in [0.05, 0.1) is 11.0 Å². The van der Waals surface area contributed by atoms with Gasteiger partial charge in [0.25, 0.3) is 0 Å². The topological polar surface area (TPSA) is 46.2 Å². The van der Waals surface area contributed by atoms with Gasteiger partial charge in [0.2, 0.25) is 0 Å². The van der Waals surface area contributed by atoms with Crippen molar-refractivity contribution < 1.29 is 8.42 Å². The molecule has 1 N–H and O–H groups in total. The molecular formula is C15H23NO2S. The number of aryl methyl sites for hydroxylation is 2. The van der Waals surface area contributed by atoms with E-state index in [0.29, 0.717) is 12.3 Å². The van der Waals surface area contributed by atoms with Crippen molar-refractivity contribution >= 4 is 9.84 Å². The Labute approximate surface area is 116 Å². The average Bonchev–Trinajstić information content (AvgIpc) is 2.65. The van der Waals surface area contributed by atoms with E-state index < -0.39 is 9.84 Å². The third kappa shape index (κ3) is 3.37. The Balaban J connectivity index is 2.00. The van der Waals surface area contributed by atoms with Crippen molar-refractivity contribution in [2.75, 3.05) is 12.3 Å². The maximum Gasteiger partial charge on any atom is 0.154 e. The van der Waals surface area contributed by atoms with Gasteiger partial charge in [-0.25, -0.2) is 8.42 Å². The summed E-state index contributed by atoms with van der Waals surface area (Å²) in [6.45, 7) is 6.85. The van der Waals surface area contributed by atoms with E-state index in [1.54, 1.807) is 0 Å². The predicted molar refractivity (Wildman–Crippen MR) is 79.1 cm³/mol. The molecule has 0 radical (unpaired) electrons. The van der Waals surface area contributed by atoms with Gasteiger partial charge >= 0.3 is 0 Å². The van der Waals surface area contributed by atoms with Gasteiger partial charge in [0.1, 0.15) is 0 Å². The third-order valence-electron chi connectivity index (χ3n) is 4.01. The summed E-state index contributed by atoms with van der Waals surface area (Å²) in [5.74, 6) is 0.358. The summed E-state index contributed by atoms with van der Waals surface area (Å²) in [6, 6.07) is 6.59. The Hall–Kier alpha value is -0.870. The summed E-state index contributed by atoms with van der Waals surface area (Å²) in [7, 11) is -2.84. The molecule has 2 atom stereocenters. The van der Waals surface area contributed by atoms with Crippen LogP contribution in [0, 0.1) is 13.8 Å². The van der Waals surface area contributed by atoms with Crippen LogP contribution in [-0.2, 0) is 9.84 Å². The Kier molecular flexibility index (Phi) is 4.31. The zero-order valence-electron chi connectivity index (χ0n) is 11.9. The lowest BCUT2D eigenvalue weighted by molar-refractivity contribution is 0.537. The minimum atomic E-state index is -2.84. The first-order valence-electron chi connectivity index (χ1n) is 6.92. The second-order valence-electron chi connectivity index (χ2n) is 5.62. The highest BCUT2D eigenvalue weighted by Gasteiger charge is 2.31. The number of benzene rings is 1. The van der Waals surface area contributed by atoms with E-state index in [9.17, 15) is 8.42 Å². The molecule has 0 amide bonds. The van der Waals surface area contributed by atoms with E-state index >= 15 is 0 Å². The third-order valence-corrected chi connectivity index (χ3v) is 6.28. The fourth-order valence-electron chi connectivity index (χ4n) is 2.82. The molecule has 106 valence electrons. The van der Waals surface area contributed by atoms with Crippen LogP contribution in [0.2, 0.25) is 0 Å². The first kappa shape index (κ1) is 14.5. The lowest BCUT2D eigenvalue weighted by atomic mass is 10.0. The summed E-state index contributed by atoms with van der Waals surface area (Å²) in [5.41, 5.74) is 3.77. The second-order valence-corrected chi connectivity index (χ2v) is 8.02. The zero-order chi connectivity index (χ0) is 14.0. The molecular weight excluding hydrogens is 258 g/mol. The molecule has 4 heteroatoms. The van der Waals surface area contributed by atoms with Crippen LogP contribution in [0.3, 0.4) is 0 Å². The Bertz CT molecular complexity index is 551. The molecule has 0 aromatic heterocycles. The fourth-order valence-corrected chi connectivity index (χ4v) is 4.60. The number of sulfone groups is 1. The molecule has 0 spiro atoms. The van der Waals surface area contributed by atoms with Crippen molar-refractivity contribution in [2.45, 2.75) is 44.9 Å². The number of rotatable bonds is 4. The van der Waals surface area contributed by atoms with Crippen LogP contribution >= 0.6 is 0 Å². The molecule has 2 rings (SSSR count). The van der Waals surface area contributed by atoms with Crippen molar-refractivity contribution in [2.24, 2.45) is 0 Å². The van der Waals surface area contributed by atoms with Crippen LogP contribution in [0.4, 0.5) is 0 Å². The maximum atomic E-state index is 11.8. The van der Waals surface area contributed by atoms with Gasteiger partial charge < -0.3 is 5.32 Å². The highest BCUT2D eigenvalue weighted by molar-refractivity contribution is 7.92. The summed E-state index contributed by atoms with van der Waals surface area (Å²) in [4.78, 5) is 0. The van der Waals surface area contributed by atoms with Gasteiger partial charge in [0.15, 0.2) is 9.84 Å². The van der Waals surface area contributed by atoms with E-state index in [2.05, 4.69) is 44.3 Å². The Morgan fingerprint density at radius 3 is 2.68 bits per heavy atom. The van der Waals surface area contributed by atoms with Crippen LogP contribution in [-0.4, -0.2) is 26.0 Å². The minimum absolute atomic E-state index is 0.191. The summed E-state index contributed by atoms with van der Waals surface area (Å²) in [5, 5.41) is 3.18. The molecule has 1 saturated heterocycles. The highest BCUT2D eigenvalue weighted by atomic mass is 32.2. The number of nitrogens with one attached hydrogen (secondary N) is 1. The largest absolute Gasteiger partial charge is 0.309 e. The molecule has 1 heterocycles. The smallest absolute Gasteiger partial charge is 0.154 e. The van der Waals surface area contributed by atoms with Crippen LogP contribution in [0.25, 0.3) is 0 Å². The normalized spacial score (nSPS) is 23.4. The van der Waals surface area contributed by atoms with Gasteiger partial charge in [-0.2, -0.15) is 0 Å². The van der Waals surface area contributed by atoms with Crippen molar-refractivity contribution in [1.82, 2.24) is 5.32 Å². The first-order valence-corrected chi connectivity index (χ1v) is 8.64. The molecule has 19 heavy (non-hydrogen) atoms. The van der Waals surface area contributed by atoms with Crippen LogP contribution < -0.4 is 5.32 Å². The van der Waals surface area contributed by atoms with E-state index in [-0.39, 0.29) is 11.3 Å². The molecule has 0 aliphatic carbocycles. The van der Waals surface area contributed by atoms with Crippen molar-refractivity contribution in [3.05, 3.63) is 34.9 Å². The van der Waals surface area contributed by atoms with Gasteiger partial charge in [-0.05, 0) is 44.7 Å². The summed E-state index contributed by atoms with van der Waals surface area (Å²) >= 11 is 0. The van der Waals surface area contributed by atoms with Crippen LogP contribution in [0.1, 0.15) is 42.5 Å². The number of hydrogen-bond acceptors (Lipinski definition) is 3. The number of hydrogen-bond donors (Lipinski definition) is 1. The molecule has 1 aliphatic rings. The summed E-state index contributed by atoms with van der Waals surface area (Å²) < 4.78 is 23.6. The van der Waals surface area contributed by atoms with Gasteiger partial charge in [-0.15, -0.1) is 0 Å². The molecule has 1 aliphatic heterocycles. The first-order chi connectivity index (χ1) is 8.90. The Morgan fingerprint density at radius 2 is 2.11 bits per heavy atom. The Morgan fingerprint density at radius 1 is 1.37 bits per heavy atom. The van der Waals surface area contributed by atoms with E-state index in [1.807, 2.05) is 0 Å². The van der Waals surface area contributed by atoms with E-state index in [0.717, 1.165) is 12.8 Å². The van der Waals surface area contributed by atoms with Crippen molar-refractivity contribution in [3.63, 3.8) is 0 Å². The SMILES string of the molecule is Cc1ccc(C(C)NCC2CCCS2(=O)=O)c(C)c1. The molecule has 1 fully saturated rings. The molecule has 0 saturated carbocycles. The van der Waals surface area contributed by atoms with E-state index in [1.165, 1.54) is 16.7 Å². The van der Waals surface area contributed by atoms with Gasteiger partial charge in [-0.1, -0.05) is 23.8 Å². The highest BCUT2D eigenvalue weighted by Crippen LogP contribution is 2.22. The molecule has 3 nitrogen and oxygen atoms in total. The quantitative estimate of drug-likeness (QED) is 0.922.